The maximum Gasteiger partial charge on any atom is 0.261 e. The molecule has 0 aromatic heterocycles. The van der Waals surface area contributed by atoms with Crippen LogP contribution in [0.1, 0.15) is 75.6 Å². The van der Waals surface area contributed by atoms with Gasteiger partial charge in [-0.2, -0.15) is 0 Å². The zero-order chi connectivity index (χ0) is 34.1. The smallest absolute Gasteiger partial charge is 0.261 e. The predicted octanol–water partition coefficient (Wildman–Crippen LogP) is 2.49. The molecule has 6 rings (SSSR count). The number of aliphatic hydroxyl groups is 3. The molecule has 3 amide bonds. The summed E-state index contributed by atoms with van der Waals surface area (Å²) in [7, 11) is 3.10. The lowest BCUT2D eigenvalue weighted by Gasteiger charge is -2.50. The number of aryl methyl sites for hydroxylation is 1. The third kappa shape index (κ3) is 4.61. The fraction of sp³-hybridized carbons (Fsp3) is 0.400. The summed E-state index contributed by atoms with van der Waals surface area (Å²) in [5.41, 5.74) is 3.48. The molecule has 2 aromatic rings. The lowest BCUT2D eigenvalue weighted by Crippen LogP contribution is -2.65. The summed E-state index contributed by atoms with van der Waals surface area (Å²) < 4.78 is 0. The van der Waals surface area contributed by atoms with Gasteiger partial charge in [0.05, 0.1) is 29.3 Å². The number of rotatable bonds is 8. The van der Waals surface area contributed by atoms with E-state index in [1.807, 2.05) is 0 Å². The molecule has 1 fully saturated rings. The van der Waals surface area contributed by atoms with Gasteiger partial charge in [0.2, 0.25) is 5.78 Å². The van der Waals surface area contributed by atoms with Crippen LogP contribution >= 0.6 is 0 Å². The molecule has 0 radical (unpaired) electrons. The first-order chi connectivity index (χ1) is 22.2. The van der Waals surface area contributed by atoms with Crippen molar-refractivity contribution in [1.82, 2.24) is 9.80 Å². The highest BCUT2D eigenvalue weighted by Crippen LogP contribution is 2.53. The summed E-state index contributed by atoms with van der Waals surface area (Å²) in [6.07, 6.45) is 3.30. The van der Waals surface area contributed by atoms with Crippen molar-refractivity contribution >= 4 is 35.0 Å². The molecule has 1 saturated carbocycles. The number of aromatic hydroxyl groups is 1. The number of hydrogen-bond acceptors (Lipinski definition) is 10. The first-order valence-corrected chi connectivity index (χ1v) is 15.7. The number of Topliss-reactive ketones (excluding diaryl/α,β-unsaturated/α-hetero) is 2. The number of benzene rings is 2. The van der Waals surface area contributed by atoms with Gasteiger partial charge < -0.3 is 26.2 Å². The Labute approximate surface area is 270 Å². The zero-order valence-electron chi connectivity index (χ0n) is 26.4. The molecule has 0 saturated heterocycles. The lowest BCUT2D eigenvalue weighted by molar-refractivity contribution is -0.153. The quantitative estimate of drug-likeness (QED) is 0.162. The third-order valence-electron chi connectivity index (χ3n) is 10.1. The number of carbonyl (C=O) groups excluding carboxylic acids is 5. The van der Waals surface area contributed by atoms with E-state index in [0.717, 1.165) is 29.7 Å². The number of likely N-dealkylation sites (N-methyl/N-ethyl adjacent to an activating group) is 1. The van der Waals surface area contributed by atoms with Gasteiger partial charge in [-0.25, -0.2) is 0 Å². The van der Waals surface area contributed by atoms with Gasteiger partial charge in [0, 0.05) is 17.1 Å². The number of amides is 3. The van der Waals surface area contributed by atoms with Crippen LogP contribution in [0.5, 0.6) is 5.75 Å². The molecule has 246 valence electrons. The van der Waals surface area contributed by atoms with E-state index in [4.69, 9.17) is 5.73 Å². The van der Waals surface area contributed by atoms with Crippen LogP contribution in [-0.2, 0) is 33.8 Å². The molecular formula is C35H37N3O9. The molecule has 4 atom stereocenters. The number of ketones is 2. The van der Waals surface area contributed by atoms with Crippen LogP contribution in [0.2, 0.25) is 0 Å². The van der Waals surface area contributed by atoms with E-state index < -0.39 is 75.6 Å². The van der Waals surface area contributed by atoms with Crippen LogP contribution in [0.3, 0.4) is 0 Å². The van der Waals surface area contributed by atoms with Crippen molar-refractivity contribution in [2.45, 2.75) is 63.6 Å². The van der Waals surface area contributed by atoms with E-state index >= 15 is 0 Å². The van der Waals surface area contributed by atoms with Crippen molar-refractivity contribution in [2.24, 2.45) is 17.6 Å². The number of hydrogen-bond donors (Lipinski definition) is 5. The molecule has 12 nitrogen and oxygen atoms in total. The SMILES string of the molecule is CCCCCc1cc(CN2C(=O)c3ccccc3C2=O)c(O)c2c1C[C@@H]1C[C@@H]3[C@@H](N(C)C)C(=O)C(C(N)=O)=C(O)[C@]3(O)C(=O)C1=C2O. The Morgan fingerprint density at radius 1 is 1.02 bits per heavy atom. The number of primary amides is 1. The molecule has 1 aliphatic heterocycles. The molecular weight excluding hydrogens is 606 g/mol. The molecule has 0 spiro atoms. The largest absolute Gasteiger partial charge is 0.508 e. The van der Waals surface area contributed by atoms with Gasteiger partial charge in [0.1, 0.15) is 22.8 Å². The minimum Gasteiger partial charge on any atom is -0.508 e. The average Bonchev–Trinajstić information content (AvgIpc) is 3.25. The van der Waals surface area contributed by atoms with Gasteiger partial charge in [-0.1, -0.05) is 31.9 Å². The summed E-state index contributed by atoms with van der Waals surface area (Å²) in [6.45, 7) is 1.76. The Kier molecular flexibility index (Phi) is 7.84. The van der Waals surface area contributed by atoms with Gasteiger partial charge in [-0.3, -0.25) is 33.8 Å². The fourth-order valence-corrected chi connectivity index (χ4v) is 7.91. The molecule has 12 heteroatoms. The normalized spacial score (nSPS) is 25.3. The van der Waals surface area contributed by atoms with Crippen LogP contribution in [-0.4, -0.2) is 85.3 Å². The van der Waals surface area contributed by atoms with Crippen LogP contribution in [0.4, 0.5) is 0 Å². The standard InChI is InChI=1S/C35H37N3O9/c1-4-5-6-9-16-12-18(15-38-33(45)19-10-7-8-11-20(19)34(38)46)27(39)24-21(16)13-17-14-22-26(37(2)3)29(41)25(32(36)44)31(43)35(22,47)30(42)23(17)28(24)40/h7-8,10-12,17,22,26,39-40,43,47H,4-6,9,13-15H2,1-3H3,(H2,36,44)/t17-,22-,26-,35-/m1/s1. The van der Waals surface area contributed by atoms with E-state index in [1.54, 1.807) is 44.4 Å². The van der Waals surface area contributed by atoms with E-state index in [0.29, 0.717) is 12.0 Å². The average molecular weight is 644 g/mol. The second-order valence-electron chi connectivity index (χ2n) is 13.1. The highest BCUT2D eigenvalue weighted by atomic mass is 16.3. The number of nitrogens with zero attached hydrogens (tertiary/aromatic N) is 2. The van der Waals surface area contributed by atoms with E-state index in [9.17, 15) is 44.4 Å². The Hall–Kier alpha value is -4.81. The first-order valence-electron chi connectivity index (χ1n) is 15.7. The topological polar surface area (TPSA) is 199 Å². The summed E-state index contributed by atoms with van der Waals surface area (Å²) >= 11 is 0. The van der Waals surface area contributed by atoms with Gasteiger partial charge in [0.25, 0.3) is 17.7 Å². The van der Waals surface area contributed by atoms with Crippen molar-refractivity contribution in [3.8, 4) is 5.75 Å². The van der Waals surface area contributed by atoms with Crippen LogP contribution in [0, 0.1) is 11.8 Å². The lowest BCUT2D eigenvalue weighted by atomic mass is 9.57. The Morgan fingerprint density at radius 2 is 1.66 bits per heavy atom. The van der Waals surface area contributed by atoms with Crippen molar-refractivity contribution in [1.29, 1.82) is 0 Å². The van der Waals surface area contributed by atoms with E-state index in [2.05, 4.69) is 6.92 Å². The number of aliphatic hydroxyl groups excluding tert-OH is 2. The second-order valence-corrected chi connectivity index (χ2v) is 13.1. The molecule has 1 heterocycles. The number of nitrogens with two attached hydrogens (primary N) is 1. The zero-order valence-corrected chi connectivity index (χ0v) is 26.4. The number of phenolic OH excluding ortho intramolecular Hbond substituents is 1. The number of carbonyl (C=O) groups is 5. The van der Waals surface area contributed by atoms with Crippen molar-refractivity contribution in [3.05, 3.63) is 80.6 Å². The molecule has 6 N–H and O–H groups in total. The molecule has 3 aliphatic carbocycles. The van der Waals surface area contributed by atoms with Gasteiger partial charge in [-0.05, 0) is 75.0 Å². The maximum atomic E-state index is 14.2. The Balaban J connectivity index is 1.50. The van der Waals surface area contributed by atoms with Crippen LogP contribution < -0.4 is 5.73 Å². The fourth-order valence-electron chi connectivity index (χ4n) is 7.91. The predicted molar refractivity (Wildman–Crippen MR) is 168 cm³/mol. The summed E-state index contributed by atoms with van der Waals surface area (Å²) in [5.74, 6) is -8.34. The van der Waals surface area contributed by atoms with Crippen molar-refractivity contribution < 1.29 is 44.4 Å². The van der Waals surface area contributed by atoms with Crippen molar-refractivity contribution in [2.75, 3.05) is 14.1 Å². The summed E-state index contributed by atoms with van der Waals surface area (Å²) in [5, 5.41) is 46.5. The number of phenols is 1. The number of fused-ring (bicyclic) bond motifs is 4. The molecule has 4 aliphatic rings. The van der Waals surface area contributed by atoms with E-state index in [1.165, 1.54) is 4.90 Å². The number of imide groups is 1. The molecule has 47 heavy (non-hydrogen) atoms. The van der Waals surface area contributed by atoms with Gasteiger partial charge in [0.15, 0.2) is 11.4 Å². The molecule has 0 bridgehead atoms. The highest BCUT2D eigenvalue weighted by molar-refractivity contribution is 6.24. The Morgan fingerprint density at radius 3 is 2.23 bits per heavy atom. The summed E-state index contributed by atoms with van der Waals surface area (Å²) in [4.78, 5) is 68.7. The van der Waals surface area contributed by atoms with Crippen molar-refractivity contribution in [3.63, 3.8) is 0 Å². The first kappa shape index (κ1) is 32.1. The maximum absolute atomic E-state index is 14.2. The monoisotopic (exact) mass is 643 g/mol. The van der Waals surface area contributed by atoms with Crippen LogP contribution in [0.25, 0.3) is 5.76 Å². The second kappa shape index (κ2) is 11.5. The third-order valence-corrected chi connectivity index (χ3v) is 10.1. The minimum absolute atomic E-state index is 0.0162. The highest BCUT2D eigenvalue weighted by Gasteiger charge is 2.64. The number of unbranched alkanes of at least 4 members (excludes halogenated alkanes) is 2. The molecule has 2 aromatic carbocycles. The van der Waals surface area contributed by atoms with E-state index in [-0.39, 0.29) is 47.2 Å². The summed E-state index contributed by atoms with van der Waals surface area (Å²) in [6, 6.07) is 6.96. The Bertz CT molecular complexity index is 1810. The minimum atomic E-state index is -2.75. The van der Waals surface area contributed by atoms with Crippen LogP contribution in [0.15, 0.2) is 47.2 Å². The molecule has 0 unspecified atom stereocenters. The van der Waals surface area contributed by atoms with Gasteiger partial charge in [-0.15, -0.1) is 0 Å². The van der Waals surface area contributed by atoms with Gasteiger partial charge >= 0.3 is 0 Å².